The fraction of sp³-hybridized carbons (Fsp3) is 0.0833. The van der Waals surface area contributed by atoms with E-state index in [1.807, 2.05) is 0 Å². The van der Waals surface area contributed by atoms with E-state index in [0.29, 0.717) is 15.9 Å². The van der Waals surface area contributed by atoms with Crippen molar-refractivity contribution >= 4 is 21.9 Å². The van der Waals surface area contributed by atoms with E-state index >= 15 is 0 Å². The first-order chi connectivity index (χ1) is 8.56. The van der Waals surface area contributed by atoms with Crippen molar-refractivity contribution in [3.63, 3.8) is 0 Å². The summed E-state index contributed by atoms with van der Waals surface area (Å²) in [4.78, 5) is 18.8. The van der Waals surface area contributed by atoms with Gasteiger partial charge < -0.3 is 5.11 Å². The second kappa shape index (κ2) is 5.22. The van der Waals surface area contributed by atoms with Crippen LogP contribution in [0.3, 0.4) is 0 Å². The molecule has 0 bridgehead atoms. The quantitative estimate of drug-likeness (QED) is 0.946. The van der Waals surface area contributed by atoms with E-state index in [-0.39, 0.29) is 17.9 Å². The van der Waals surface area contributed by atoms with Crippen LogP contribution in [0.4, 0.5) is 4.39 Å². The molecule has 0 atom stereocenters. The molecule has 1 heterocycles. The Labute approximate surface area is 111 Å². The Hall–Kier alpha value is -1.82. The third-order valence-corrected chi connectivity index (χ3v) is 2.83. The van der Waals surface area contributed by atoms with Gasteiger partial charge in [-0.2, -0.15) is 0 Å². The average molecular weight is 311 g/mol. The summed E-state index contributed by atoms with van der Waals surface area (Å²) in [5, 5.41) is 8.92. The summed E-state index contributed by atoms with van der Waals surface area (Å²) < 4.78 is 13.3. The molecule has 0 aliphatic rings. The van der Waals surface area contributed by atoms with Crippen LogP contribution in [0.25, 0.3) is 0 Å². The molecule has 0 unspecified atom stereocenters. The largest absolute Gasteiger partial charge is 0.476 e. The third-order valence-electron chi connectivity index (χ3n) is 2.25. The second-order valence-corrected chi connectivity index (χ2v) is 4.45. The van der Waals surface area contributed by atoms with Gasteiger partial charge in [0.25, 0.3) is 0 Å². The molecule has 0 amide bonds. The monoisotopic (exact) mass is 310 g/mol. The highest BCUT2D eigenvalue weighted by atomic mass is 79.9. The van der Waals surface area contributed by atoms with Gasteiger partial charge >= 0.3 is 5.97 Å². The molecule has 0 saturated heterocycles. The summed E-state index contributed by atoms with van der Waals surface area (Å²) in [6.45, 7) is 0. The number of carboxylic acid groups (broad SMARTS) is 1. The molecule has 0 aliphatic carbocycles. The van der Waals surface area contributed by atoms with Crippen molar-refractivity contribution in [3.8, 4) is 0 Å². The van der Waals surface area contributed by atoms with Crippen molar-refractivity contribution in [2.75, 3.05) is 0 Å². The minimum atomic E-state index is -1.13. The average Bonchev–Trinajstić information content (AvgIpc) is 2.31. The van der Waals surface area contributed by atoms with E-state index in [4.69, 9.17) is 5.11 Å². The molecule has 0 radical (unpaired) electrons. The number of benzene rings is 1. The lowest BCUT2D eigenvalue weighted by Gasteiger charge is -2.03. The molecule has 0 fully saturated rings. The minimum absolute atomic E-state index is 0.101. The number of halogens is 2. The second-order valence-electron chi connectivity index (χ2n) is 3.59. The standard InChI is InChI=1S/C12H8BrFN2O2/c13-9-6-15-10(16-11(9)12(17)18)5-7-2-1-3-8(14)4-7/h1-4,6H,5H2,(H,17,18). The van der Waals surface area contributed by atoms with Crippen molar-refractivity contribution < 1.29 is 14.3 Å². The van der Waals surface area contributed by atoms with Gasteiger partial charge in [-0.15, -0.1) is 0 Å². The number of aromatic carboxylic acids is 1. The van der Waals surface area contributed by atoms with Crippen LogP contribution in [-0.4, -0.2) is 21.0 Å². The third kappa shape index (κ3) is 2.89. The van der Waals surface area contributed by atoms with Gasteiger partial charge in [0.1, 0.15) is 11.6 Å². The lowest BCUT2D eigenvalue weighted by atomic mass is 10.1. The van der Waals surface area contributed by atoms with Crippen LogP contribution in [0.5, 0.6) is 0 Å². The first-order valence-electron chi connectivity index (χ1n) is 5.05. The van der Waals surface area contributed by atoms with E-state index in [1.54, 1.807) is 12.1 Å². The van der Waals surface area contributed by atoms with Gasteiger partial charge in [-0.25, -0.2) is 19.2 Å². The summed E-state index contributed by atoms with van der Waals surface area (Å²) in [6, 6.07) is 6.02. The van der Waals surface area contributed by atoms with Crippen LogP contribution in [0.2, 0.25) is 0 Å². The predicted octanol–water partition coefficient (Wildman–Crippen LogP) is 2.67. The summed E-state index contributed by atoms with van der Waals surface area (Å²) in [5.74, 6) is -1.14. The molecule has 0 spiro atoms. The molecule has 6 heteroatoms. The van der Waals surface area contributed by atoms with Gasteiger partial charge in [0.15, 0.2) is 5.69 Å². The normalized spacial score (nSPS) is 10.3. The Balaban J connectivity index is 2.30. The Morgan fingerprint density at radius 1 is 1.44 bits per heavy atom. The van der Waals surface area contributed by atoms with E-state index in [2.05, 4.69) is 25.9 Å². The number of aromatic nitrogens is 2. The van der Waals surface area contributed by atoms with Crippen molar-refractivity contribution in [2.24, 2.45) is 0 Å². The maximum atomic E-state index is 13.0. The number of carbonyl (C=O) groups is 1. The van der Waals surface area contributed by atoms with Crippen molar-refractivity contribution in [3.05, 3.63) is 57.8 Å². The number of nitrogens with zero attached hydrogens (tertiary/aromatic N) is 2. The lowest BCUT2D eigenvalue weighted by molar-refractivity contribution is 0.0688. The first kappa shape index (κ1) is 12.6. The Bertz CT molecular complexity index is 604. The van der Waals surface area contributed by atoms with E-state index < -0.39 is 5.97 Å². The highest BCUT2D eigenvalue weighted by Crippen LogP contribution is 2.15. The Morgan fingerprint density at radius 3 is 2.89 bits per heavy atom. The molecule has 0 aliphatic heterocycles. The number of rotatable bonds is 3. The molecule has 2 rings (SSSR count). The fourth-order valence-corrected chi connectivity index (χ4v) is 1.83. The molecule has 92 valence electrons. The zero-order valence-electron chi connectivity index (χ0n) is 9.10. The molecular weight excluding hydrogens is 303 g/mol. The Kier molecular flexibility index (Phi) is 3.66. The molecule has 0 saturated carbocycles. The number of carboxylic acids is 1. The molecule has 2 aromatic rings. The van der Waals surface area contributed by atoms with Crippen molar-refractivity contribution in [2.45, 2.75) is 6.42 Å². The maximum Gasteiger partial charge on any atom is 0.355 e. The first-order valence-corrected chi connectivity index (χ1v) is 5.84. The topological polar surface area (TPSA) is 63.1 Å². The van der Waals surface area contributed by atoms with Gasteiger partial charge in [-0.3, -0.25) is 0 Å². The van der Waals surface area contributed by atoms with E-state index in [0.717, 1.165) is 0 Å². The summed E-state index contributed by atoms with van der Waals surface area (Å²) in [7, 11) is 0. The SMILES string of the molecule is O=C(O)c1nc(Cc2cccc(F)c2)ncc1Br. The van der Waals surface area contributed by atoms with Gasteiger partial charge in [0.05, 0.1) is 4.47 Å². The molecule has 4 nitrogen and oxygen atoms in total. The Morgan fingerprint density at radius 2 is 2.22 bits per heavy atom. The number of hydrogen-bond donors (Lipinski definition) is 1. The molecule has 1 aromatic carbocycles. The van der Waals surface area contributed by atoms with Gasteiger partial charge in [0.2, 0.25) is 0 Å². The van der Waals surface area contributed by atoms with Crippen LogP contribution >= 0.6 is 15.9 Å². The van der Waals surface area contributed by atoms with Crippen LogP contribution < -0.4 is 0 Å². The maximum absolute atomic E-state index is 13.0. The van der Waals surface area contributed by atoms with Crippen LogP contribution in [0.15, 0.2) is 34.9 Å². The van der Waals surface area contributed by atoms with Gasteiger partial charge in [-0.05, 0) is 33.6 Å². The molecule has 18 heavy (non-hydrogen) atoms. The smallest absolute Gasteiger partial charge is 0.355 e. The molecular formula is C12H8BrFN2O2. The van der Waals surface area contributed by atoms with Crippen LogP contribution in [0, 0.1) is 5.82 Å². The zero-order valence-corrected chi connectivity index (χ0v) is 10.7. The highest BCUT2D eigenvalue weighted by molar-refractivity contribution is 9.10. The zero-order chi connectivity index (χ0) is 13.1. The fourth-order valence-electron chi connectivity index (χ4n) is 1.47. The predicted molar refractivity (Wildman–Crippen MR) is 65.9 cm³/mol. The summed E-state index contributed by atoms with van der Waals surface area (Å²) >= 11 is 3.06. The summed E-state index contributed by atoms with van der Waals surface area (Å²) in [5.41, 5.74) is 0.588. The molecule has 1 N–H and O–H groups in total. The van der Waals surface area contributed by atoms with Gasteiger partial charge in [-0.1, -0.05) is 12.1 Å². The minimum Gasteiger partial charge on any atom is -0.476 e. The summed E-state index contributed by atoms with van der Waals surface area (Å²) in [6.07, 6.45) is 1.66. The van der Waals surface area contributed by atoms with E-state index in [1.165, 1.54) is 18.3 Å². The highest BCUT2D eigenvalue weighted by Gasteiger charge is 2.12. The van der Waals surface area contributed by atoms with E-state index in [9.17, 15) is 9.18 Å². The van der Waals surface area contributed by atoms with Crippen LogP contribution in [-0.2, 0) is 6.42 Å². The molecule has 1 aromatic heterocycles. The number of hydrogen-bond acceptors (Lipinski definition) is 3. The van der Waals surface area contributed by atoms with Crippen molar-refractivity contribution in [1.82, 2.24) is 9.97 Å². The van der Waals surface area contributed by atoms with Gasteiger partial charge in [0, 0.05) is 12.6 Å². The lowest BCUT2D eigenvalue weighted by Crippen LogP contribution is -2.06. The van der Waals surface area contributed by atoms with Crippen LogP contribution in [0.1, 0.15) is 21.9 Å². The van der Waals surface area contributed by atoms with Crippen molar-refractivity contribution in [1.29, 1.82) is 0 Å².